The lowest BCUT2D eigenvalue weighted by atomic mass is 10.00. The van der Waals surface area contributed by atoms with E-state index in [1.54, 1.807) is 18.5 Å². The summed E-state index contributed by atoms with van der Waals surface area (Å²) in [6.45, 7) is 0. The normalized spacial score (nSPS) is 12.3. The standard InChI is InChI=1S/C15H17Cl2N3/c16-13-3-2-12(15(17)10-13)9-14(20-18)4-1-11-5-7-19-8-6-11/h2-3,5-8,10,14,20H,1,4,9,18H2. The molecule has 0 saturated heterocycles. The predicted octanol–water partition coefficient (Wildman–Crippen LogP) is 3.40. The van der Waals surface area contributed by atoms with Crippen molar-refractivity contribution in [3.63, 3.8) is 0 Å². The van der Waals surface area contributed by atoms with E-state index >= 15 is 0 Å². The molecule has 106 valence electrons. The topological polar surface area (TPSA) is 50.9 Å². The van der Waals surface area contributed by atoms with Crippen molar-refractivity contribution in [2.45, 2.75) is 25.3 Å². The molecule has 0 radical (unpaired) electrons. The summed E-state index contributed by atoms with van der Waals surface area (Å²) in [7, 11) is 0. The van der Waals surface area contributed by atoms with Crippen LogP contribution in [0.1, 0.15) is 17.5 Å². The molecular weight excluding hydrogens is 293 g/mol. The fourth-order valence-electron chi connectivity index (χ4n) is 2.09. The molecule has 5 heteroatoms. The summed E-state index contributed by atoms with van der Waals surface area (Å²) in [6, 6.07) is 9.75. The second-order valence-corrected chi connectivity index (χ2v) is 5.54. The number of pyridine rings is 1. The molecule has 0 aliphatic carbocycles. The van der Waals surface area contributed by atoms with Crippen molar-refractivity contribution in [1.29, 1.82) is 0 Å². The van der Waals surface area contributed by atoms with E-state index in [-0.39, 0.29) is 6.04 Å². The Morgan fingerprint density at radius 2 is 1.90 bits per heavy atom. The van der Waals surface area contributed by atoms with E-state index < -0.39 is 0 Å². The molecule has 0 fully saturated rings. The zero-order chi connectivity index (χ0) is 14.4. The van der Waals surface area contributed by atoms with E-state index in [4.69, 9.17) is 29.0 Å². The number of nitrogens with two attached hydrogens (primary N) is 1. The molecule has 0 amide bonds. The lowest BCUT2D eigenvalue weighted by Gasteiger charge is -2.16. The van der Waals surface area contributed by atoms with Gasteiger partial charge < -0.3 is 0 Å². The highest BCUT2D eigenvalue weighted by Gasteiger charge is 2.11. The summed E-state index contributed by atoms with van der Waals surface area (Å²) < 4.78 is 0. The first-order valence-electron chi connectivity index (χ1n) is 6.48. The maximum absolute atomic E-state index is 6.19. The third-order valence-electron chi connectivity index (χ3n) is 3.25. The molecule has 1 unspecified atom stereocenters. The number of halogens is 2. The molecule has 1 aromatic heterocycles. The maximum Gasteiger partial charge on any atom is 0.0453 e. The Hall–Kier alpha value is -1.13. The Balaban J connectivity index is 1.95. The number of aromatic nitrogens is 1. The summed E-state index contributed by atoms with van der Waals surface area (Å²) in [6.07, 6.45) is 6.26. The second-order valence-electron chi connectivity index (χ2n) is 4.70. The highest BCUT2D eigenvalue weighted by molar-refractivity contribution is 6.35. The Morgan fingerprint density at radius 3 is 2.55 bits per heavy atom. The van der Waals surface area contributed by atoms with Crippen LogP contribution in [-0.4, -0.2) is 11.0 Å². The Morgan fingerprint density at radius 1 is 1.15 bits per heavy atom. The highest BCUT2D eigenvalue weighted by atomic mass is 35.5. The Bertz CT molecular complexity index is 546. The molecule has 2 rings (SSSR count). The molecule has 0 saturated carbocycles. The van der Waals surface area contributed by atoms with Crippen molar-refractivity contribution < 1.29 is 0 Å². The summed E-state index contributed by atoms with van der Waals surface area (Å²) in [5.74, 6) is 5.63. The maximum atomic E-state index is 6.19. The van der Waals surface area contributed by atoms with E-state index in [1.165, 1.54) is 5.56 Å². The largest absolute Gasteiger partial charge is 0.271 e. The first kappa shape index (κ1) is 15.3. The van der Waals surface area contributed by atoms with E-state index in [0.29, 0.717) is 10.0 Å². The van der Waals surface area contributed by atoms with Crippen LogP contribution < -0.4 is 11.3 Å². The van der Waals surface area contributed by atoms with Gasteiger partial charge in [0, 0.05) is 28.5 Å². The van der Waals surface area contributed by atoms with Gasteiger partial charge in [-0.25, -0.2) is 0 Å². The van der Waals surface area contributed by atoms with Crippen molar-refractivity contribution in [3.8, 4) is 0 Å². The highest BCUT2D eigenvalue weighted by Crippen LogP contribution is 2.22. The van der Waals surface area contributed by atoms with Crippen LogP contribution in [0, 0.1) is 0 Å². The fourth-order valence-corrected chi connectivity index (χ4v) is 2.57. The Labute approximate surface area is 129 Å². The van der Waals surface area contributed by atoms with Gasteiger partial charge >= 0.3 is 0 Å². The molecule has 0 aliphatic rings. The molecule has 0 bridgehead atoms. The number of rotatable bonds is 6. The van der Waals surface area contributed by atoms with E-state index in [1.807, 2.05) is 24.3 Å². The van der Waals surface area contributed by atoms with Crippen LogP contribution >= 0.6 is 23.2 Å². The molecule has 1 aromatic carbocycles. The van der Waals surface area contributed by atoms with Crippen molar-refractivity contribution in [2.75, 3.05) is 0 Å². The quantitative estimate of drug-likeness (QED) is 0.635. The summed E-state index contributed by atoms with van der Waals surface area (Å²) in [5.41, 5.74) is 5.16. The smallest absolute Gasteiger partial charge is 0.0453 e. The summed E-state index contributed by atoms with van der Waals surface area (Å²) in [5, 5.41) is 1.33. The third-order valence-corrected chi connectivity index (χ3v) is 3.83. The van der Waals surface area contributed by atoms with Gasteiger partial charge in [0.15, 0.2) is 0 Å². The minimum atomic E-state index is 0.168. The molecule has 20 heavy (non-hydrogen) atoms. The fraction of sp³-hybridized carbons (Fsp3) is 0.267. The number of hydrazine groups is 1. The monoisotopic (exact) mass is 309 g/mol. The third kappa shape index (κ3) is 4.46. The summed E-state index contributed by atoms with van der Waals surface area (Å²) in [4.78, 5) is 4.01. The van der Waals surface area contributed by atoms with Crippen LogP contribution in [0.25, 0.3) is 0 Å². The van der Waals surface area contributed by atoms with Gasteiger partial charge in [0.2, 0.25) is 0 Å². The van der Waals surface area contributed by atoms with Gasteiger partial charge in [-0.3, -0.25) is 16.3 Å². The predicted molar refractivity (Wildman–Crippen MR) is 83.8 cm³/mol. The molecule has 1 atom stereocenters. The van der Waals surface area contributed by atoms with Crippen LogP contribution in [0.2, 0.25) is 10.0 Å². The average Bonchev–Trinajstić information content (AvgIpc) is 2.46. The van der Waals surface area contributed by atoms with Crippen LogP contribution in [0.3, 0.4) is 0 Å². The molecule has 0 spiro atoms. The van der Waals surface area contributed by atoms with Crippen LogP contribution in [-0.2, 0) is 12.8 Å². The van der Waals surface area contributed by atoms with Gasteiger partial charge in [-0.05, 0) is 54.7 Å². The number of hydrogen-bond donors (Lipinski definition) is 2. The van der Waals surface area contributed by atoms with Gasteiger partial charge in [-0.2, -0.15) is 0 Å². The van der Waals surface area contributed by atoms with Crippen molar-refractivity contribution >= 4 is 23.2 Å². The number of benzene rings is 1. The van der Waals surface area contributed by atoms with Crippen molar-refractivity contribution in [3.05, 3.63) is 63.9 Å². The number of nitrogens with one attached hydrogen (secondary N) is 1. The number of hydrogen-bond acceptors (Lipinski definition) is 3. The molecule has 1 heterocycles. The number of nitrogens with zero attached hydrogens (tertiary/aromatic N) is 1. The van der Waals surface area contributed by atoms with Gasteiger partial charge in [-0.1, -0.05) is 29.3 Å². The van der Waals surface area contributed by atoms with Crippen molar-refractivity contribution in [2.24, 2.45) is 5.84 Å². The summed E-state index contributed by atoms with van der Waals surface area (Å²) >= 11 is 12.1. The first-order valence-corrected chi connectivity index (χ1v) is 7.23. The van der Waals surface area contributed by atoms with Gasteiger partial charge in [0.25, 0.3) is 0 Å². The Kier molecular flexibility index (Phi) is 5.80. The van der Waals surface area contributed by atoms with E-state index in [0.717, 1.165) is 24.8 Å². The number of aryl methyl sites for hydroxylation is 1. The minimum absolute atomic E-state index is 0.168. The molecule has 3 nitrogen and oxygen atoms in total. The minimum Gasteiger partial charge on any atom is -0.271 e. The molecule has 2 aromatic rings. The van der Waals surface area contributed by atoms with Crippen LogP contribution in [0.5, 0.6) is 0 Å². The van der Waals surface area contributed by atoms with E-state index in [9.17, 15) is 0 Å². The zero-order valence-electron chi connectivity index (χ0n) is 11.0. The molecule has 0 aliphatic heterocycles. The van der Waals surface area contributed by atoms with Gasteiger partial charge in [0.05, 0.1) is 0 Å². The van der Waals surface area contributed by atoms with Gasteiger partial charge in [-0.15, -0.1) is 0 Å². The first-order chi connectivity index (χ1) is 9.69. The average molecular weight is 310 g/mol. The second kappa shape index (κ2) is 7.60. The lowest BCUT2D eigenvalue weighted by molar-refractivity contribution is 0.491. The van der Waals surface area contributed by atoms with Crippen LogP contribution in [0.15, 0.2) is 42.7 Å². The lowest BCUT2D eigenvalue weighted by Crippen LogP contribution is -2.37. The van der Waals surface area contributed by atoms with Crippen LogP contribution in [0.4, 0.5) is 0 Å². The SMILES string of the molecule is NNC(CCc1ccncc1)Cc1ccc(Cl)cc1Cl. The van der Waals surface area contributed by atoms with E-state index in [2.05, 4.69) is 10.4 Å². The zero-order valence-corrected chi connectivity index (χ0v) is 12.5. The molecule has 3 N–H and O–H groups in total. The van der Waals surface area contributed by atoms with Crippen molar-refractivity contribution in [1.82, 2.24) is 10.4 Å². The molecular formula is C15H17Cl2N3. The van der Waals surface area contributed by atoms with Gasteiger partial charge in [0.1, 0.15) is 0 Å².